The van der Waals surface area contributed by atoms with Crippen LogP contribution < -0.4 is 0 Å². The predicted octanol–water partition coefficient (Wildman–Crippen LogP) is 1.22. The van der Waals surface area contributed by atoms with Crippen molar-refractivity contribution in [3.63, 3.8) is 0 Å². The summed E-state index contributed by atoms with van der Waals surface area (Å²) in [5.74, 6) is -0.729. The standard InChI is InChI=1S/C4H3F2N/c5-3-1-2-4(6)7-3/h1-3H. The molecule has 0 aromatic carbocycles. The van der Waals surface area contributed by atoms with Gasteiger partial charge >= 0.3 is 0 Å². The molecule has 0 saturated heterocycles. The maximum Gasteiger partial charge on any atom is 0.212 e. The van der Waals surface area contributed by atoms with E-state index in [0.717, 1.165) is 12.2 Å². The largest absolute Gasteiger partial charge is 0.217 e. The van der Waals surface area contributed by atoms with Gasteiger partial charge in [-0.15, -0.1) is 0 Å². The zero-order chi connectivity index (χ0) is 5.28. The molecule has 0 fully saturated rings. The van der Waals surface area contributed by atoms with Crippen molar-refractivity contribution >= 4 is 5.97 Å². The molecule has 3 heteroatoms. The zero-order valence-electron chi connectivity index (χ0n) is 3.44. The summed E-state index contributed by atoms with van der Waals surface area (Å²) < 4.78 is 23.3. The van der Waals surface area contributed by atoms with Crippen LogP contribution in [0.1, 0.15) is 0 Å². The monoisotopic (exact) mass is 103 g/mol. The molecule has 1 rings (SSSR count). The summed E-state index contributed by atoms with van der Waals surface area (Å²) in [4.78, 5) is 2.86. The van der Waals surface area contributed by atoms with Gasteiger partial charge in [0.05, 0.1) is 0 Å². The smallest absolute Gasteiger partial charge is 0.212 e. The van der Waals surface area contributed by atoms with Crippen LogP contribution in [0.3, 0.4) is 0 Å². The van der Waals surface area contributed by atoms with Crippen molar-refractivity contribution in [1.29, 1.82) is 0 Å². The second-order valence-electron chi connectivity index (χ2n) is 1.18. The molecule has 1 atom stereocenters. The number of hydrogen-bond donors (Lipinski definition) is 0. The van der Waals surface area contributed by atoms with Gasteiger partial charge in [0.25, 0.3) is 0 Å². The number of nitrogens with zero attached hydrogens (tertiary/aromatic N) is 1. The quantitative estimate of drug-likeness (QED) is 0.409. The Kier molecular flexibility index (Phi) is 0.889. The lowest BCUT2D eigenvalue weighted by molar-refractivity contribution is 0.418. The van der Waals surface area contributed by atoms with E-state index < -0.39 is 12.3 Å². The fraction of sp³-hybridized carbons (Fsp3) is 0.250. The molecule has 1 heterocycles. The van der Waals surface area contributed by atoms with Gasteiger partial charge in [0.2, 0.25) is 12.3 Å². The van der Waals surface area contributed by atoms with Crippen LogP contribution in [0.4, 0.5) is 8.78 Å². The molecule has 1 aliphatic rings. The van der Waals surface area contributed by atoms with Crippen molar-refractivity contribution in [2.45, 2.75) is 6.30 Å². The van der Waals surface area contributed by atoms with Gasteiger partial charge in [-0.25, -0.2) is 9.38 Å². The zero-order valence-corrected chi connectivity index (χ0v) is 3.44. The van der Waals surface area contributed by atoms with E-state index >= 15 is 0 Å². The number of halogens is 2. The third-order valence-corrected chi connectivity index (χ3v) is 0.639. The molecular weight excluding hydrogens is 100 g/mol. The summed E-state index contributed by atoms with van der Waals surface area (Å²) in [6, 6.07) is 0. The number of rotatable bonds is 0. The first-order chi connectivity index (χ1) is 3.29. The summed E-state index contributed by atoms with van der Waals surface area (Å²) >= 11 is 0. The summed E-state index contributed by atoms with van der Waals surface area (Å²) in [5.41, 5.74) is 0. The molecule has 0 amide bonds. The van der Waals surface area contributed by atoms with E-state index in [1.54, 1.807) is 0 Å². The molecule has 1 nitrogen and oxygen atoms in total. The fourth-order valence-corrected chi connectivity index (χ4v) is 0.363. The van der Waals surface area contributed by atoms with Crippen LogP contribution in [0.5, 0.6) is 0 Å². The SMILES string of the molecule is FC1=NC(F)C=C1. The molecule has 0 aromatic rings. The molecule has 0 aliphatic carbocycles. The highest BCUT2D eigenvalue weighted by molar-refractivity contribution is 5.88. The minimum absolute atomic E-state index is 0.729. The van der Waals surface area contributed by atoms with Crippen LogP contribution in [0.25, 0.3) is 0 Å². The lowest BCUT2D eigenvalue weighted by Gasteiger charge is -1.80. The number of allylic oxidation sites excluding steroid dienone is 1. The lowest BCUT2D eigenvalue weighted by atomic mass is 10.5. The Labute approximate surface area is 39.4 Å². The molecule has 0 spiro atoms. The first kappa shape index (κ1) is 4.43. The number of hydrogen-bond acceptors (Lipinski definition) is 1. The second-order valence-corrected chi connectivity index (χ2v) is 1.18. The summed E-state index contributed by atoms with van der Waals surface area (Å²) in [6.45, 7) is 0. The molecule has 0 saturated carbocycles. The second kappa shape index (κ2) is 1.40. The minimum atomic E-state index is -1.44. The van der Waals surface area contributed by atoms with Gasteiger partial charge < -0.3 is 0 Å². The van der Waals surface area contributed by atoms with Crippen LogP contribution >= 0.6 is 0 Å². The average Bonchev–Trinajstić information content (AvgIpc) is 1.87. The summed E-state index contributed by atoms with van der Waals surface area (Å²) in [5, 5.41) is 0. The molecule has 1 unspecified atom stereocenters. The Morgan fingerprint density at radius 3 is 2.57 bits per heavy atom. The van der Waals surface area contributed by atoms with Gasteiger partial charge in [-0.3, -0.25) is 0 Å². The Bertz CT molecular complexity index is 128. The molecule has 7 heavy (non-hydrogen) atoms. The lowest BCUT2D eigenvalue weighted by Crippen LogP contribution is -1.81. The van der Waals surface area contributed by atoms with E-state index in [4.69, 9.17) is 0 Å². The van der Waals surface area contributed by atoms with Gasteiger partial charge in [0, 0.05) is 0 Å². The van der Waals surface area contributed by atoms with E-state index in [1.165, 1.54) is 0 Å². The molecule has 0 aromatic heterocycles. The Morgan fingerprint density at radius 1 is 1.71 bits per heavy atom. The van der Waals surface area contributed by atoms with Crippen molar-refractivity contribution in [2.24, 2.45) is 4.99 Å². The molecule has 0 radical (unpaired) electrons. The maximum absolute atomic E-state index is 11.7. The molecule has 1 aliphatic heterocycles. The van der Waals surface area contributed by atoms with Gasteiger partial charge in [-0.2, -0.15) is 4.39 Å². The van der Waals surface area contributed by atoms with E-state index in [2.05, 4.69) is 4.99 Å². The minimum Gasteiger partial charge on any atom is -0.217 e. The predicted molar refractivity (Wildman–Crippen MR) is 22.6 cm³/mol. The molecule has 0 N–H and O–H groups in total. The third-order valence-electron chi connectivity index (χ3n) is 0.639. The molecular formula is C4H3F2N. The normalized spacial score (nSPS) is 28.3. The van der Waals surface area contributed by atoms with Gasteiger partial charge in [0.1, 0.15) is 0 Å². The summed E-state index contributed by atoms with van der Waals surface area (Å²) in [7, 11) is 0. The highest BCUT2D eigenvalue weighted by atomic mass is 19.1. The Hall–Kier alpha value is -0.730. The van der Waals surface area contributed by atoms with E-state index in [-0.39, 0.29) is 0 Å². The van der Waals surface area contributed by atoms with Crippen LogP contribution in [-0.4, -0.2) is 12.3 Å². The van der Waals surface area contributed by atoms with Crippen molar-refractivity contribution in [2.75, 3.05) is 0 Å². The maximum atomic E-state index is 11.7. The number of aliphatic imine (C=N–C) groups is 1. The highest BCUT2D eigenvalue weighted by Crippen LogP contribution is 2.04. The average molecular weight is 103 g/mol. The van der Waals surface area contributed by atoms with E-state index in [1.807, 2.05) is 0 Å². The third kappa shape index (κ3) is 0.824. The van der Waals surface area contributed by atoms with Crippen molar-refractivity contribution in [3.05, 3.63) is 12.2 Å². The van der Waals surface area contributed by atoms with Crippen molar-refractivity contribution in [1.82, 2.24) is 0 Å². The first-order valence-electron chi connectivity index (χ1n) is 1.84. The van der Waals surface area contributed by atoms with Gasteiger partial charge in [-0.1, -0.05) is 0 Å². The summed E-state index contributed by atoms with van der Waals surface area (Å²) in [6.07, 6.45) is 0.611. The topological polar surface area (TPSA) is 12.4 Å². The fourth-order valence-electron chi connectivity index (χ4n) is 0.363. The molecule has 38 valence electrons. The van der Waals surface area contributed by atoms with Crippen LogP contribution in [0.2, 0.25) is 0 Å². The highest BCUT2D eigenvalue weighted by Gasteiger charge is 2.05. The van der Waals surface area contributed by atoms with Crippen LogP contribution in [0.15, 0.2) is 17.1 Å². The van der Waals surface area contributed by atoms with Crippen LogP contribution in [-0.2, 0) is 0 Å². The van der Waals surface area contributed by atoms with Gasteiger partial charge in [-0.05, 0) is 12.2 Å². The Balaban J connectivity index is 2.69. The molecule has 0 bridgehead atoms. The van der Waals surface area contributed by atoms with E-state index in [0.29, 0.717) is 0 Å². The van der Waals surface area contributed by atoms with Crippen molar-refractivity contribution < 1.29 is 8.78 Å². The Morgan fingerprint density at radius 2 is 2.43 bits per heavy atom. The number of alkyl halides is 1. The van der Waals surface area contributed by atoms with Crippen molar-refractivity contribution in [3.8, 4) is 0 Å². The first-order valence-corrected chi connectivity index (χ1v) is 1.84. The van der Waals surface area contributed by atoms with Crippen LogP contribution in [0, 0.1) is 0 Å². The van der Waals surface area contributed by atoms with Gasteiger partial charge in [0.15, 0.2) is 0 Å². The van der Waals surface area contributed by atoms with E-state index in [9.17, 15) is 8.78 Å².